The van der Waals surface area contributed by atoms with Crippen LogP contribution in [0, 0.1) is 5.92 Å². The maximum atomic E-state index is 13.9. The SMILES string of the molecule is CC(C)n1ncnc1C(=O)N[C@H](c1cn2ncc([C@@H](C)NC(=O)CCC(F)(F)F)cc2n1)C1CCC(F)(F)CC1. The summed E-state index contributed by atoms with van der Waals surface area (Å²) in [6.45, 7) is 5.30. The van der Waals surface area contributed by atoms with Gasteiger partial charge >= 0.3 is 6.18 Å². The van der Waals surface area contributed by atoms with E-state index in [1.165, 1.54) is 21.7 Å². The summed E-state index contributed by atoms with van der Waals surface area (Å²) in [7, 11) is 0. The number of alkyl halides is 5. The lowest BCUT2D eigenvalue weighted by Crippen LogP contribution is -2.38. The number of fused-ring (bicyclic) bond motifs is 1. The van der Waals surface area contributed by atoms with Gasteiger partial charge in [0.1, 0.15) is 6.33 Å². The Labute approximate surface area is 226 Å². The van der Waals surface area contributed by atoms with E-state index in [1.807, 2.05) is 13.8 Å². The summed E-state index contributed by atoms with van der Waals surface area (Å²) in [6.07, 6.45) is -2.32. The summed E-state index contributed by atoms with van der Waals surface area (Å²) < 4.78 is 68.1. The van der Waals surface area contributed by atoms with E-state index in [9.17, 15) is 31.5 Å². The Morgan fingerprint density at radius 2 is 1.82 bits per heavy atom. The van der Waals surface area contributed by atoms with Gasteiger partial charge in [0, 0.05) is 25.3 Å². The van der Waals surface area contributed by atoms with Crippen molar-refractivity contribution in [2.45, 2.75) is 89.5 Å². The zero-order valence-corrected chi connectivity index (χ0v) is 22.3. The van der Waals surface area contributed by atoms with Crippen LogP contribution in [0.4, 0.5) is 22.0 Å². The van der Waals surface area contributed by atoms with Crippen LogP contribution in [0.2, 0.25) is 0 Å². The Bertz CT molecular complexity index is 1340. The summed E-state index contributed by atoms with van der Waals surface area (Å²) in [5, 5.41) is 13.8. The fourth-order valence-electron chi connectivity index (χ4n) is 4.77. The molecule has 2 amide bonds. The first-order valence-corrected chi connectivity index (χ1v) is 13.0. The zero-order valence-electron chi connectivity index (χ0n) is 22.3. The molecule has 2 atom stereocenters. The predicted octanol–water partition coefficient (Wildman–Crippen LogP) is 4.72. The molecule has 10 nitrogen and oxygen atoms in total. The van der Waals surface area contributed by atoms with Crippen LogP contribution in [0.15, 0.2) is 24.8 Å². The van der Waals surface area contributed by atoms with Crippen LogP contribution in [-0.2, 0) is 4.79 Å². The topological polar surface area (TPSA) is 119 Å². The van der Waals surface area contributed by atoms with Gasteiger partial charge in [0.25, 0.3) is 5.91 Å². The van der Waals surface area contributed by atoms with Gasteiger partial charge in [-0.05, 0) is 51.2 Å². The van der Waals surface area contributed by atoms with E-state index in [0.717, 1.165) is 0 Å². The van der Waals surface area contributed by atoms with E-state index in [2.05, 4.69) is 30.8 Å². The Kier molecular flexibility index (Phi) is 8.40. The molecular formula is C25H31F5N8O2. The minimum absolute atomic E-state index is 0.0837. The van der Waals surface area contributed by atoms with E-state index in [-0.39, 0.29) is 43.5 Å². The lowest BCUT2D eigenvalue weighted by atomic mass is 9.81. The lowest BCUT2D eigenvalue weighted by Gasteiger charge is -2.33. The highest BCUT2D eigenvalue weighted by molar-refractivity contribution is 5.91. The van der Waals surface area contributed by atoms with Crippen LogP contribution in [0.5, 0.6) is 0 Å². The Balaban J connectivity index is 1.57. The molecule has 0 saturated heterocycles. The molecule has 218 valence electrons. The number of nitrogens with one attached hydrogen (secondary N) is 2. The minimum atomic E-state index is -4.43. The van der Waals surface area contributed by atoms with Gasteiger partial charge < -0.3 is 10.6 Å². The van der Waals surface area contributed by atoms with Crippen LogP contribution in [0.25, 0.3) is 5.65 Å². The fraction of sp³-hybridized carbons (Fsp3) is 0.600. The van der Waals surface area contributed by atoms with Crippen molar-refractivity contribution >= 4 is 17.5 Å². The molecule has 1 aliphatic carbocycles. The van der Waals surface area contributed by atoms with Crippen LogP contribution in [-0.4, -0.2) is 53.3 Å². The molecule has 3 aromatic heterocycles. The summed E-state index contributed by atoms with van der Waals surface area (Å²) in [5.74, 6) is -4.27. The molecule has 3 aromatic rings. The molecule has 0 aliphatic heterocycles. The van der Waals surface area contributed by atoms with Gasteiger partial charge in [-0.2, -0.15) is 23.4 Å². The lowest BCUT2D eigenvalue weighted by molar-refractivity contribution is -0.144. The molecule has 40 heavy (non-hydrogen) atoms. The first-order valence-electron chi connectivity index (χ1n) is 13.0. The first-order chi connectivity index (χ1) is 18.7. The number of nitrogens with zero attached hydrogens (tertiary/aromatic N) is 6. The summed E-state index contributed by atoms with van der Waals surface area (Å²) >= 11 is 0. The van der Waals surface area contributed by atoms with Gasteiger partial charge in [-0.25, -0.2) is 27.9 Å². The zero-order chi connectivity index (χ0) is 29.2. The number of imidazole rings is 1. The van der Waals surface area contributed by atoms with E-state index in [4.69, 9.17) is 0 Å². The van der Waals surface area contributed by atoms with Crippen LogP contribution in [0.1, 0.15) is 99.3 Å². The molecule has 0 bridgehead atoms. The average Bonchev–Trinajstić information content (AvgIpc) is 3.53. The maximum Gasteiger partial charge on any atom is 0.389 e. The molecule has 1 fully saturated rings. The number of hydrogen-bond donors (Lipinski definition) is 2. The molecule has 2 N–H and O–H groups in total. The second-order valence-electron chi connectivity index (χ2n) is 10.4. The third-order valence-electron chi connectivity index (χ3n) is 6.98. The van der Waals surface area contributed by atoms with Crippen molar-refractivity contribution in [1.29, 1.82) is 0 Å². The smallest absolute Gasteiger partial charge is 0.350 e. The molecule has 4 rings (SSSR count). The third kappa shape index (κ3) is 7.10. The molecule has 0 aromatic carbocycles. The van der Waals surface area contributed by atoms with Gasteiger partial charge in [0.2, 0.25) is 17.7 Å². The number of aromatic nitrogens is 6. The molecule has 1 aliphatic rings. The molecule has 0 radical (unpaired) electrons. The van der Waals surface area contributed by atoms with Gasteiger partial charge in [0.05, 0.1) is 36.6 Å². The highest BCUT2D eigenvalue weighted by Crippen LogP contribution is 2.41. The van der Waals surface area contributed by atoms with Crippen LogP contribution >= 0.6 is 0 Å². The molecule has 1 saturated carbocycles. The van der Waals surface area contributed by atoms with Crippen LogP contribution in [0.3, 0.4) is 0 Å². The maximum absolute atomic E-state index is 13.9. The number of amides is 2. The van der Waals surface area contributed by atoms with Crippen molar-refractivity contribution in [1.82, 2.24) is 40.0 Å². The Morgan fingerprint density at radius 1 is 1.12 bits per heavy atom. The van der Waals surface area contributed by atoms with Gasteiger partial charge in [0.15, 0.2) is 5.65 Å². The van der Waals surface area contributed by atoms with Crippen LogP contribution < -0.4 is 10.6 Å². The number of carbonyl (C=O) groups excluding carboxylic acids is 2. The molecule has 3 heterocycles. The van der Waals surface area contributed by atoms with E-state index >= 15 is 0 Å². The number of carbonyl (C=O) groups is 2. The highest BCUT2D eigenvalue weighted by atomic mass is 19.4. The highest BCUT2D eigenvalue weighted by Gasteiger charge is 2.39. The second kappa shape index (κ2) is 11.5. The number of hydrogen-bond acceptors (Lipinski definition) is 6. The van der Waals surface area contributed by atoms with Crippen molar-refractivity contribution in [3.05, 3.63) is 41.9 Å². The quantitative estimate of drug-likeness (QED) is 0.360. The largest absolute Gasteiger partial charge is 0.389 e. The normalized spacial score (nSPS) is 17.6. The van der Waals surface area contributed by atoms with Crippen molar-refractivity contribution in [2.24, 2.45) is 5.92 Å². The summed E-state index contributed by atoms with van der Waals surface area (Å²) in [5.41, 5.74) is 1.27. The molecule has 15 heteroatoms. The summed E-state index contributed by atoms with van der Waals surface area (Å²) in [4.78, 5) is 33.8. The van der Waals surface area contributed by atoms with Gasteiger partial charge in [-0.1, -0.05) is 0 Å². The van der Waals surface area contributed by atoms with Crippen molar-refractivity contribution in [2.75, 3.05) is 0 Å². The molecule has 0 spiro atoms. The van der Waals surface area contributed by atoms with E-state index in [0.29, 0.717) is 16.9 Å². The third-order valence-corrected chi connectivity index (χ3v) is 6.98. The predicted molar refractivity (Wildman–Crippen MR) is 132 cm³/mol. The van der Waals surface area contributed by atoms with E-state index in [1.54, 1.807) is 19.2 Å². The standard InChI is InChI=1S/C25H31F5N8O2/c1-14(2)38-22(31-13-33-38)23(40)36-21(16-4-7-24(26,27)8-5-16)18-12-37-19(35-18)10-17(11-32-37)15(3)34-20(39)6-9-25(28,29)30/h10-16,21H,4-9H2,1-3H3,(H,34,39)(H,36,40)/t15-,21+/m1/s1. The Morgan fingerprint density at radius 3 is 2.48 bits per heavy atom. The van der Waals surface area contributed by atoms with Gasteiger partial charge in [-0.15, -0.1) is 0 Å². The van der Waals surface area contributed by atoms with Gasteiger partial charge in [-0.3, -0.25) is 9.59 Å². The summed E-state index contributed by atoms with van der Waals surface area (Å²) in [6, 6.07) is 0.125. The Hall–Kier alpha value is -3.65. The first kappa shape index (κ1) is 29.3. The van der Waals surface area contributed by atoms with Crippen molar-refractivity contribution in [3.8, 4) is 0 Å². The van der Waals surface area contributed by atoms with E-state index < -0.39 is 48.8 Å². The number of rotatable bonds is 9. The van der Waals surface area contributed by atoms with Crippen molar-refractivity contribution < 1.29 is 31.5 Å². The monoisotopic (exact) mass is 570 g/mol. The number of halogens is 5. The fourth-order valence-corrected chi connectivity index (χ4v) is 4.77. The molecular weight excluding hydrogens is 539 g/mol. The average molecular weight is 571 g/mol. The molecule has 0 unspecified atom stereocenters. The second-order valence-corrected chi connectivity index (χ2v) is 10.4. The minimum Gasteiger partial charge on any atom is -0.350 e. The van der Waals surface area contributed by atoms with Crippen molar-refractivity contribution in [3.63, 3.8) is 0 Å².